The van der Waals surface area contributed by atoms with Gasteiger partial charge in [0.25, 0.3) is 0 Å². The molecule has 2 heterocycles. The van der Waals surface area contributed by atoms with Gasteiger partial charge >= 0.3 is 0 Å². The van der Waals surface area contributed by atoms with E-state index in [-0.39, 0.29) is 0 Å². The lowest BCUT2D eigenvalue weighted by atomic mass is 10.1. The van der Waals surface area contributed by atoms with Crippen LogP contribution in [0.15, 0.2) is 28.8 Å². The molecule has 0 N–H and O–H groups in total. The lowest BCUT2D eigenvalue weighted by Crippen LogP contribution is -2.22. The number of nitrogens with zero attached hydrogens (tertiary/aromatic N) is 2. The van der Waals surface area contributed by atoms with Crippen LogP contribution in [0.5, 0.6) is 11.5 Å². The molecule has 2 aromatic rings. The molecule has 1 aliphatic heterocycles. The Kier molecular flexibility index (Phi) is 5.97. The van der Waals surface area contributed by atoms with E-state index in [9.17, 15) is 0 Å². The summed E-state index contributed by atoms with van der Waals surface area (Å²) >= 11 is 0. The van der Waals surface area contributed by atoms with Crippen molar-refractivity contribution < 1.29 is 14.0 Å². The summed E-state index contributed by atoms with van der Waals surface area (Å²) < 4.78 is 17.1. The van der Waals surface area contributed by atoms with Crippen LogP contribution in [0.3, 0.4) is 0 Å². The first-order valence-electron chi connectivity index (χ1n) is 9.27. The molecule has 1 aliphatic rings. The molecule has 1 atom stereocenters. The normalized spacial score (nSPS) is 17.8. The largest absolute Gasteiger partial charge is 0.490 e. The van der Waals surface area contributed by atoms with Gasteiger partial charge in [-0.2, -0.15) is 0 Å². The smallest absolute Gasteiger partial charge is 0.161 e. The van der Waals surface area contributed by atoms with Gasteiger partial charge < -0.3 is 14.0 Å². The molecule has 136 valence electrons. The van der Waals surface area contributed by atoms with Crippen molar-refractivity contribution >= 4 is 0 Å². The average Bonchev–Trinajstić information content (AvgIpc) is 3.23. The summed E-state index contributed by atoms with van der Waals surface area (Å²) in [5.74, 6) is 2.64. The van der Waals surface area contributed by atoms with E-state index >= 15 is 0 Å². The third-order valence-corrected chi connectivity index (χ3v) is 4.49. The van der Waals surface area contributed by atoms with Crippen molar-refractivity contribution in [2.45, 2.75) is 52.6 Å². The van der Waals surface area contributed by atoms with Gasteiger partial charge in [0.1, 0.15) is 0 Å². The van der Waals surface area contributed by atoms with Gasteiger partial charge in [0.2, 0.25) is 0 Å². The molecule has 0 saturated carbocycles. The molecular formula is C20H28N2O3. The van der Waals surface area contributed by atoms with Crippen LogP contribution >= 0.6 is 0 Å². The number of hydrogen-bond acceptors (Lipinski definition) is 5. The predicted molar refractivity (Wildman–Crippen MR) is 97.0 cm³/mol. The first kappa shape index (κ1) is 17.8. The van der Waals surface area contributed by atoms with Gasteiger partial charge in [-0.3, -0.25) is 4.90 Å². The number of ether oxygens (including phenoxy) is 2. The maximum absolute atomic E-state index is 5.80. The molecule has 1 aromatic heterocycles. The van der Waals surface area contributed by atoms with Crippen LogP contribution in [0, 0.1) is 6.92 Å². The Labute approximate surface area is 149 Å². The van der Waals surface area contributed by atoms with Gasteiger partial charge in [0.05, 0.1) is 24.9 Å². The van der Waals surface area contributed by atoms with E-state index in [1.807, 2.05) is 19.9 Å². The van der Waals surface area contributed by atoms with Gasteiger partial charge in [-0.15, -0.1) is 0 Å². The summed E-state index contributed by atoms with van der Waals surface area (Å²) in [6.07, 6.45) is 3.28. The zero-order valence-corrected chi connectivity index (χ0v) is 15.5. The third kappa shape index (κ3) is 4.34. The minimum Gasteiger partial charge on any atom is -0.490 e. The highest BCUT2D eigenvalue weighted by molar-refractivity contribution is 5.43. The minimum absolute atomic E-state index is 0.313. The summed E-state index contributed by atoms with van der Waals surface area (Å²) in [6.45, 7) is 9.36. The maximum Gasteiger partial charge on any atom is 0.161 e. The number of benzene rings is 1. The summed E-state index contributed by atoms with van der Waals surface area (Å²) in [5, 5.41) is 4.04. The number of rotatable bonds is 8. The zero-order chi connectivity index (χ0) is 17.6. The number of aryl methyl sites for hydroxylation is 1. The Morgan fingerprint density at radius 3 is 2.80 bits per heavy atom. The van der Waals surface area contributed by atoms with Gasteiger partial charge in [-0.1, -0.05) is 18.1 Å². The van der Waals surface area contributed by atoms with Crippen LogP contribution in [-0.2, 0) is 6.54 Å². The number of hydrogen-bond donors (Lipinski definition) is 0. The molecule has 25 heavy (non-hydrogen) atoms. The van der Waals surface area contributed by atoms with Crippen molar-refractivity contribution in [2.75, 3.05) is 19.8 Å². The SMILES string of the molecule is CCCOc1ccc(CN2CCC[C@H]2c2cc(C)no2)cc1OCC. The molecule has 0 unspecified atom stereocenters. The van der Waals surface area contributed by atoms with E-state index in [0.29, 0.717) is 19.3 Å². The van der Waals surface area contributed by atoms with Gasteiger partial charge in [-0.25, -0.2) is 0 Å². The molecule has 1 aromatic carbocycles. The Morgan fingerprint density at radius 1 is 1.20 bits per heavy atom. The molecule has 0 amide bonds. The molecule has 0 bridgehead atoms. The van der Waals surface area contributed by atoms with Crippen molar-refractivity contribution in [1.29, 1.82) is 0 Å². The first-order chi connectivity index (χ1) is 12.2. The lowest BCUT2D eigenvalue weighted by Gasteiger charge is -2.23. The van der Waals surface area contributed by atoms with E-state index in [4.69, 9.17) is 14.0 Å². The fourth-order valence-electron chi connectivity index (χ4n) is 3.36. The van der Waals surface area contributed by atoms with E-state index in [2.05, 4.69) is 35.2 Å². The minimum atomic E-state index is 0.313. The monoisotopic (exact) mass is 344 g/mol. The zero-order valence-electron chi connectivity index (χ0n) is 15.5. The van der Waals surface area contributed by atoms with Crippen molar-refractivity contribution in [3.63, 3.8) is 0 Å². The molecule has 0 radical (unpaired) electrons. The second-order valence-electron chi connectivity index (χ2n) is 6.56. The highest BCUT2D eigenvalue weighted by Gasteiger charge is 2.29. The molecule has 1 saturated heterocycles. The summed E-state index contributed by atoms with van der Waals surface area (Å²) in [4.78, 5) is 2.46. The molecule has 1 fully saturated rings. The van der Waals surface area contributed by atoms with Crippen LogP contribution in [0.4, 0.5) is 0 Å². The van der Waals surface area contributed by atoms with E-state index < -0.39 is 0 Å². The third-order valence-electron chi connectivity index (χ3n) is 4.49. The van der Waals surface area contributed by atoms with E-state index in [1.54, 1.807) is 0 Å². The Morgan fingerprint density at radius 2 is 2.08 bits per heavy atom. The second-order valence-corrected chi connectivity index (χ2v) is 6.56. The molecule has 3 rings (SSSR count). The van der Waals surface area contributed by atoms with Crippen LogP contribution in [0.25, 0.3) is 0 Å². The van der Waals surface area contributed by atoms with Crippen molar-refractivity contribution in [2.24, 2.45) is 0 Å². The fourth-order valence-corrected chi connectivity index (χ4v) is 3.36. The summed E-state index contributed by atoms with van der Waals surface area (Å²) in [6, 6.07) is 8.63. The van der Waals surface area contributed by atoms with Gasteiger partial charge in [0.15, 0.2) is 17.3 Å². The Hall–Kier alpha value is -2.01. The standard InChI is InChI=1S/C20H28N2O3/c1-4-11-24-18-9-8-16(13-20(18)23-5-2)14-22-10-6-7-17(22)19-12-15(3)21-25-19/h8-9,12-13,17H,4-7,10-11,14H2,1-3H3/t17-/m0/s1. The van der Waals surface area contributed by atoms with Gasteiger partial charge in [0, 0.05) is 12.6 Å². The fraction of sp³-hybridized carbons (Fsp3) is 0.550. The predicted octanol–water partition coefficient (Wildman–Crippen LogP) is 4.51. The highest BCUT2D eigenvalue weighted by atomic mass is 16.5. The first-order valence-corrected chi connectivity index (χ1v) is 9.27. The quantitative estimate of drug-likeness (QED) is 0.705. The Balaban J connectivity index is 1.73. The second kappa shape index (κ2) is 8.39. The topological polar surface area (TPSA) is 47.7 Å². The van der Waals surface area contributed by atoms with Crippen molar-refractivity contribution in [3.05, 3.63) is 41.3 Å². The van der Waals surface area contributed by atoms with Crippen LogP contribution in [0.2, 0.25) is 0 Å². The van der Waals surface area contributed by atoms with E-state index in [1.165, 1.54) is 12.0 Å². The lowest BCUT2D eigenvalue weighted by molar-refractivity contribution is 0.206. The van der Waals surface area contributed by atoms with Gasteiger partial charge in [-0.05, 0) is 57.4 Å². The molecular weight excluding hydrogens is 316 g/mol. The summed E-state index contributed by atoms with van der Waals surface area (Å²) in [7, 11) is 0. The van der Waals surface area contributed by atoms with Crippen molar-refractivity contribution in [1.82, 2.24) is 10.1 Å². The molecule has 0 spiro atoms. The molecule has 5 nitrogen and oxygen atoms in total. The maximum atomic E-state index is 5.80. The van der Waals surface area contributed by atoms with Crippen molar-refractivity contribution in [3.8, 4) is 11.5 Å². The van der Waals surface area contributed by atoms with Crippen LogP contribution in [-0.4, -0.2) is 29.8 Å². The molecule has 0 aliphatic carbocycles. The average molecular weight is 344 g/mol. The van der Waals surface area contributed by atoms with E-state index in [0.717, 1.165) is 48.9 Å². The van der Waals surface area contributed by atoms with Crippen LogP contribution in [0.1, 0.15) is 56.2 Å². The number of likely N-dealkylation sites (tertiary alicyclic amines) is 1. The molecule has 5 heteroatoms. The summed E-state index contributed by atoms with van der Waals surface area (Å²) in [5.41, 5.74) is 2.17. The highest BCUT2D eigenvalue weighted by Crippen LogP contribution is 2.35. The number of aromatic nitrogens is 1. The Bertz CT molecular complexity index is 683. The van der Waals surface area contributed by atoms with Crippen LogP contribution < -0.4 is 9.47 Å².